The lowest BCUT2D eigenvalue weighted by Crippen LogP contribution is -2.43. The molecular weight excluding hydrogens is 394 g/mol. The van der Waals surface area contributed by atoms with Crippen molar-refractivity contribution in [1.29, 1.82) is 0 Å². The molecule has 3 rings (SSSR count). The average Bonchev–Trinajstić information content (AvgIpc) is 2.58. The van der Waals surface area contributed by atoms with E-state index >= 15 is 0 Å². The third-order valence-corrected chi connectivity index (χ3v) is 4.49. The third kappa shape index (κ3) is 4.69. The number of sulfonamides is 1. The number of benzene rings is 2. The highest BCUT2D eigenvalue weighted by molar-refractivity contribution is 7.92. The number of fused-ring (bicyclic) bond motifs is 1. The first-order valence-corrected chi connectivity index (χ1v) is 10.1. The molecular formula is C17H16ClN3O5S. The van der Waals surface area contributed by atoms with E-state index < -0.39 is 15.9 Å². The molecule has 10 heteroatoms. The van der Waals surface area contributed by atoms with Gasteiger partial charge in [0.05, 0.1) is 23.3 Å². The Morgan fingerprint density at radius 1 is 1.22 bits per heavy atom. The largest absolute Gasteiger partial charge is 0.482 e. The molecule has 2 N–H and O–H groups in total. The van der Waals surface area contributed by atoms with E-state index in [0.717, 1.165) is 6.26 Å². The first kappa shape index (κ1) is 19.0. The fourth-order valence-electron chi connectivity index (χ4n) is 2.56. The maximum absolute atomic E-state index is 12.5. The van der Waals surface area contributed by atoms with Crippen molar-refractivity contribution in [3.63, 3.8) is 0 Å². The number of hydrogen-bond acceptors (Lipinski definition) is 5. The molecule has 1 aliphatic rings. The van der Waals surface area contributed by atoms with Crippen molar-refractivity contribution in [3.05, 3.63) is 47.5 Å². The first-order valence-electron chi connectivity index (χ1n) is 7.82. The second-order valence-electron chi connectivity index (χ2n) is 5.85. The minimum Gasteiger partial charge on any atom is -0.482 e. The standard InChI is InChI=1S/C17H16ClN3O5S/c1-27(24,25)20-13-5-3-2-4-12(13)19-16(22)9-21-14-8-11(18)6-7-15(14)26-10-17(21)23/h2-8,20H,9-10H2,1H3,(H,19,22). The fraction of sp³-hybridized carbons (Fsp3) is 0.176. The number of rotatable bonds is 5. The monoisotopic (exact) mass is 409 g/mol. The highest BCUT2D eigenvalue weighted by Crippen LogP contribution is 2.34. The van der Waals surface area contributed by atoms with E-state index in [1.807, 2.05) is 0 Å². The van der Waals surface area contributed by atoms with E-state index in [2.05, 4.69) is 10.0 Å². The molecule has 2 amide bonds. The fourth-order valence-corrected chi connectivity index (χ4v) is 3.31. The van der Waals surface area contributed by atoms with Crippen molar-refractivity contribution in [2.45, 2.75) is 0 Å². The normalized spacial score (nSPS) is 13.6. The third-order valence-electron chi connectivity index (χ3n) is 3.66. The minimum atomic E-state index is -3.51. The molecule has 0 saturated heterocycles. The summed E-state index contributed by atoms with van der Waals surface area (Å²) in [5.41, 5.74) is 0.904. The van der Waals surface area contributed by atoms with Crippen LogP contribution in [0.2, 0.25) is 5.02 Å². The Morgan fingerprint density at radius 2 is 1.93 bits per heavy atom. The Labute approximate surface area is 161 Å². The SMILES string of the molecule is CS(=O)(=O)Nc1ccccc1NC(=O)CN1C(=O)COc2ccc(Cl)cc21. The lowest BCUT2D eigenvalue weighted by molar-refractivity contribution is -0.123. The van der Waals surface area contributed by atoms with Gasteiger partial charge in [-0.3, -0.25) is 19.2 Å². The molecule has 27 heavy (non-hydrogen) atoms. The van der Waals surface area contributed by atoms with Crippen LogP contribution in [0, 0.1) is 0 Å². The molecule has 0 saturated carbocycles. The van der Waals surface area contributed by atoms with Gasteiger partial charge >= 0.3 is 0 Å². The van der Waals surface area contributed by atoms with Crippen LogP contribution in [0.15, 0.2) is 42.5 Å². The molecule has 0 bridgehead atoms. The summed E-state index contributed by atoms with van der Waals surface area (Å²) in [6.07, 6.45) is 1.01. The number of nitrogens with zero attached hydrogens (tertiary/aromatic N) is 1. The number of carbonyl (C=O) groups excluding carboxylic acids is 2. The number of anilines is 3. The molecule has 0 radical (unpaired) electrons. The number of carbonyl (C=O) groups is 2. The van der Waals surface area contributed by atoms with Crippen molar-refractivity contribution >= 4 is 50.5 Å². The van der Waals surface area contributed by atoms with Crippen LogP contribution >= 0.6 is 11.6 Å². The van der Waals surface area contributed by atoms with E-state index in [4.69, 9.17) is 16.3 Å². The zero-order valence-electron chi connectivity index (χ0n) is 14.2. The minimum absolute atomic E-state index is 0.186. The van der Waals surface area contributed by atoms with Crippen molar-refractivity contribution in [1.82, 2.24) is 0 Å². The maximum atomic E-state index is 12.5. The van der Waals surface area contributed by atoms with Gasteiger partial charge in [0.1, 0.15) is 12.3 Å². The number of ether oxygens (including phenoxy) is 1. The molecule has 0 aromatic heterocycles. The highest BCUT2D eigenvalue weighted by Gasteiger charge is 2.27. The van der Waals surface area contributed by atoms with Gasteiger partial charge in [-0.05, 0) is 30.3 Å². The van der Waals surface area contributed by atoms with Crippen molar-refractivity contribution in [2.24, 2.45) is 0 Å². The Kier molecular flexibility index (Phi) is 5.24. The highest BCUT2D eigenvalue weighted by atomic mass is 35.5. The molecule has 0 unspecified atom stereocenters. The van der Waals surface area contributed by atoms with E-state index in [0.29, 0.717) is 16.5 Å². The van der Waals surface area contributed by atoms with E-state index in [1.54, 1.807) is 36.4 Å². The lowest BCUT2D eigenvalue weighted by atomic mass is 10.2. The zero-order valence-corrected chi connectivity index (χ0v) is 15.8. The molecule has 2 aromatic carbocycles. The van der Waals surface area contributed by atoms with Gasteiger partial charge in [-0.2, -0.15) is 0 Å². The Morgan fingerprint density at radius 3 is 2.63 bits per heavy atom. The number of nitrogens with one attached hydrogen (secondary N) is 2. The summed E-state index contributed by atoms with van der Waals surface area (Å²) in [5.74, 6) is -0.438. The second kappa shape index (κ2) is 7.45. The topological polar surface area (TPSA) is 105 Å². The van der Waals surface area contributed by atoms with Crippen LogP contribution in [0.25, 0.3) is 0 Å². The summed E-state index contributed by atoms with van der Waals surface area (Å²) in [4.78, 5) is 26.0. The van der Waals surface area contributed by atoms with Crippen molar-refractivity contribution in [3.8, 4) is 5.75 Å². The Hall–Kier alpha value is -2.78. The van der Waals surface area contributed by atoms with Gasteiger partial charge in [-0.25, -0.2) is 8.42 Å². The molecule has 0 aliphatic carbocycles. The van der Waals surface area contributed by atoms with Gasteiger partial charge in [-0.15, -0.1) is 0 Å². The van der Waals surface area contributed by atoms with Crippen LogP contribution in [0.3, 0.4) is 0 Å². The molecule has 142 valence electrons. The summed E-state index contributed by atoms with van der Waals surface area (Å²) in [6, 6.07) is 11.1. The van der Waals surface area contributed by atoms with E-state index in [9.17, 15) is 18.0 Å². The predicted octanol–water partition coefficient (Wildman–Crippen LogP) is 2.08. The van der Waals surface area contributed by atoms with Gasteiger partial charge < -0.3 is 10.1 Å². The predicted molar refractivity (Wildman–Crippen MR) is 103 cm³/mol. The Bertz CT molecular complexity index is 1010. The summed E-state index contributed by atoms with van der Waals surface area (Å²) in [5, 5.41) is 3.02. The smallest absolute Gasteiger partial charge is 0.265 e. The van der Waals surface area contributed by atoms with Gasteiger partial charge in [-0.1, -0.05) is 23.7 Å². The van der Waals surface area contributed by atoms with Gasteiger partial charge in [0, 0.05) is 5.02 Å². The zero-order chi connectivity index (χ0) is 19.6. The molecule has 2 aromatic rings. The summed E-state index contributed by atoms with van der Waals surface area (Å²) >= 11 is 5.98. The molecule has 8 nitrogen and oxygen atoms in total. The van der Waals surface area contributed by atoms with E-state index in [-0.39, 0.29) is 30.4 Å². The van der Waals surface area contributed by atoms with Crippen LogP contribution in [0.4, 0.5) is 17.1 Å². The first-order chi connectivity index (χ1) is 12.7. The number of para-hydroxylation sites is 2. The van der Waals surface area contributed by atoms with Gasteiger partial charge in [0.2, 0.25) is 15.9 Å². The summed E-state index contributed by atoms with van der Waals surface area (Å²) in [7, 11) is -3.51. The lowest BCUT2D eigenvalue weighted by Gasteiger charge is -2.29. The van der Waals surface area contributed by atoms with Crippen LogP contribution in [-0.4, -0.2) is 39.6 Å². The van der Waals surface area contributed by atoms with Crippen LogP contribution < -0.4 is 19.7 Å². The van der Waals surface area contributed by atoms with Crippen molar-refractivity contribution in [2.75, 3.05) is 34.3 Å². The number of halogens is 1. The maximum Gasteiger partial charge on any atom is 0.265 e. The molecule has 0 fully saturated rings. The number of amides is 2. The van der Waals surface area contributed by atoms with Gasteiger partial charge in [0.15, 0.2) is 6.61 Å². The van der Waals surface area contributed by atoms with Crippen LogP contribution in [0.1, 0.15) is 0 Å². The van der Waals surface area contributed by atoms with Gasteiger partial charge in [0.25, 0.3) is 5.91 Å². The molecule has 1 aliphatic heterocycles. The second-order valence-corrected chi connectivity index (χ2v) is 8.03. The summed E-state index contributed by atoms with van der Waals surface area (Å²) < 4.78 is 30.6. The molecule has 0 spiro atoms. The molecule has 0 atom stereocenters. The number of hydrogen-bond donors (Lipinski definition) is 2. The Balaban J connectivity index is 1.80. The molecule has 1 heterocycles. The van der Waals surface area contributed by atoms with Crippen molar-refractivity contribution < 1.29 is 22.7 Å². The van der Waals surface area contributed by atoms with E-state index in [1.165, 1.54) is 11.0 Å². The average molecular weight is 410 g/mol. The van der Waals surface area contributed by atoms with Crippen LogP contribution in [-0.2, 0) is 19.6 Å². The quantitative estimate of drug-likeness (QED) is 0.786. The van der Waals surface area contributed by atoms with Crippen LogP contribution in [0.5, 0.6) is 5.75 Å². The summed E-state index contributed by atoms with van der Waals surface area (Å²) in [6.45, 7) is -0.461.